The van der Waals surface area contributed by atoms with Gasteiger partial charge in [-0.05, 0) is 63.6 Å². The largest absolute Gasteiger partial charge is 0.346 e. The summed E-state index contributed by atoms with van der Waals surface area (Å²) in [5, 5.41) is 6.03. The summed E-state index contributed by atoms with van der Waals surface area (Å²) < 4.78 is 27.4. The lowest BCUT2D eigenvalue weighted by Gasteiger charge is -2.40. The van der Waals surface area contributed by atoms with Gasteiger partial charge < -0.3 is 10.6 Å². The fraction of sp³-hybridized carbons (Fsp3) is 0.429. The second kappa shape index (κ2) is 7.17. The molecule has 2 amide bonds. The third-order valence-electron chi connectivity index (χ3n) is 5.99. The number of nitrogens with one attached hydrogen (secondary N) is 2. The van der Waals surface area contributed by atoms with E-state index < -0.39 is 28.6 Å². The molecular formula is C21H22F2N4O2. The van der Waals surface area contributed by atoms with E-state index in [1.54, 1.807) is 13.1 Å². The molecule has 0 unspecified atom stereocenters. The van der Waals surface area contributed by atoms with Crippen LogP contribution in [-0.4, -0.2) is 32.9 Å². The van der Waals surface area contributed by atoms with Crippen LogP contribution in [0.25, 0.3) is 0 Å². The Kier molecular flexibility index (Phi) is 4.80. The van der Waals surface area contributed by atoms with Gasteiger partial charge in [-0.15, -0.1) is 0 Å². The molecule has 1 heterocycles. The summed E-state index contributed by atoms with van der Waals surface area (Å²) in [6, 6.07) is 2.84. The number of amides is 2. The Morgan fingerprint density at radius 1 is 1.00 bits per heavy atom. The smallest absolute Gasteiger partial charge is 0.271 e. The second-order valence-corrected chi connectivity index (χ2v) is 8.17. The molecular weight excluding hydrogens is 378 g/mol. The zero-order chi connectivity index (χ0) is 20.6. The standard InChI is InChI=1S/C21H22F2N4O2/c1-13-10-24-11-17(25-13)19(29)27-21-6-2-5-20(12-21,7-8-21)26-18(28)15-9-14(22)3-4-16(15)23/h3-4,9-11H,2,5-8,12H2,1H3,(H,26,28)(H,27,29)/t20-,21-/m1/s1. The van der Waals surface area contributed by atoms with E-state index in [1.807, 2.05) is 0 Å². The van der Waals surface area contributed by atoms with E-state index in [0.717, 1.165) is 37.5 Å². The van der Waals surface area contributed by atoms with Gasteiger partial charge in [-0.25, -0.2) is 13.8 Å². The van der Waals surface area contributed by atoms with Crippen molar-refractivity contribution in [3.05, 3.63) is 59.2 Å². The minimum atomic E-state index is -0.758. The molecule has 2 aliphatic rings. The van der Waals surface area contributed by atoms with Crippen molar-refractivity contribution in [1.82, 2.24) is 20.6 Å². The molecule has 29 heavy (non-hydrogen) atoms. The number of halogens is 2. The molecule has 2 bridgehead atoms. The average molecular weight is 400 g/mol. The highest BCUT2D eigenvalue weighted by Crippen LogP contribution is 2.48. The number of nitrogens with zero attached hydrogens (tertiary/aromatic N) is 2. The first-order valence-electron chi connectivity index (χ1n) is 9.69. The highest BCUT2D eigenvalue weighted by atomic mass is 19.1. The maximum absolute atomic E-state index is 14.0. The molecule has 2 saturated carbocycles. The first kappa shape index (κ1) is 19.4. The molecule has 2 fully saturated rings. The van der Waals surface area contributed by atoms with Gasteiger partial charge >= 0.3 is 0 Å². The summed E-state index contributed by atoms with van der Waals surface area (Å²) in [6.07, 6.45) is 7.26. The van der Waals surface area contributed by atoms with Crippen molar-refractivity contribution in [2.45, 2.75) is 56.5 Å². The molecule has 152 valence electrons. The fourth-order valence-electron chi connectivity index (χ4n) is 4.69. The maximum atomic E-state index is 14.0. The summed E-state index contributed by atoms with van der Waals surface area (Å²) in [7, 11) is 0. The zero-order valence-electron chi connectivity index (χ0n) is 16.1. The average Bonchev–Trinajstić information content (AvgIpc) is 2.93. The SMILES string of the molecule is Cc1cncc(C(=O)N[C@]23CCC[C@@](NC(=O)c4cc(F)ccc4F)(CC2)C3)n1. The number of hydrogen-bond donors (Lipinski definition) is 2. The van der Waals surface area contributed by atoms with Gasteiger partial charge in [-0.1, -0.05) is 0 Å². The molecule has 0 aliphatic heterocycles. The van der Waals surface area contributed by atoms with E-state index in [2.05, 4.69) is 20.6 Å². The Morgan fingerprint density at radius 2 is 1.69 bits per heavy atom. The quantitative estimate of drug-likeness (QED) is 0.826. The van der Waals surface area contributed by atoms with E-state index in [4.69, 9.17) is 0 Å². The number of carbonyl (C=O) groups excluding carboxylic acids is 2. The molecule has 2 aliphatic carbocycles. The number of fused-ring (bicyclic) bond motifs is 2. The fourth-order valence-corrected chi connectivity index (χ4v) is 4.69. The number of benzene rings is 1. The Bertz CT molecular complexity index is 983. The Balaban J connectivity index is 1.50. The summed E-state index contributed by atoms with van der Waals surface area (Å²) in [5.74, 6) is -2.34. The topological polar surface area (TPSA) is 84.0 Å². The lowest BCUT2D eigenvalue weighted by atomic mass is 9.78. The Morgan fingerprint density at radius 3 is 2.38 bits per heavy atom. The molecule has 1 aromatic carbocycles. The van der Waals surface area contributed by atoms with Crippen LogP contribution >= 0.6 is 0 Å². The van der Waals surface area contributed by atoms with Gasteiger partial charge in [0.25, 0.3) is 11.8 Å². The number of aromatic nitrogens is 2. The van der Waals surface area contributed by atoms with E-state index in [0.29, 0.717) is 25.0 Å². The molecule has 6 nitrogen and oxygen atoms in total. The summed E-state index contributed by atoms with van der Waals surface area (Å²) in [5.41, 5.74) is -0.382. The number of carbonyl (C=O) groups is 2. The van der Waals surface area contributed by atoms with E-state index in [9.17, 15) is 18.4 Å². The van der Waals surface area contributed by atoms with Gasteiger partial charge in [0, 0.05) is 17.3 Å². The van der Waals surface area contributed by atoms with E-state index >= 15 is 0 Å². The molecule has 1 aromatic heterocycles. The van der Waals surface area contributed by atoms with Crippen molar-refractivity contribution in [3.8, 4) is 0 Å². The first-order valence-corrected chi connectivity index (χ1v) is 9.69. The first-order chi connectivity index (χ1) is 13.8. The van der Waals surface area contributed by atoms with Crippen LogP contribution in [0.2, 0.25) is 0 Å². The van der Waals surface area contributed by atoms with Gasteiger partial charge in [-0.2, -0.15) is 0 Å². The van der Waals surface area contributed by atoms with Gasteiger partial charge in [0.05, 0.1) is 17.5 Å². The molecule has 8 heteroatoms. The van der Waals surface area contributed by atoms with Gasteiger partial charge in [0.2, 0.25) is 0 Å². The highest BCUT2D eigenvalue weighted by Gasteiger charge is 2.52. The van der Waals surface area contributed by atoms with Crippen LogP contribution < -0.4 is 10.6 Å². The molecule has 0 radical (unpaired) electrons. The van der Waals surface area contributed by atoms with Crippen molar-refractivity contribution in [2.24, 2.45) is 0 Å². The van der Waals surface area contributed by atoms with Crippen LogP contribution in [0.5, 0.6) is 0 Å². The summed E-state index contributed by atoms with van der Waals surface area (Å²) >= 11 is 0. The second-order valence-electron chi connectivity index (χ2n) is 8.17. The lowest BCUT2D eigenvalue weighted by Crippen LogP contribution is -2.55. The predicted molar refractivity (Wildman–Crippen MR) is 101 cm³/mol. The summed E-state index contributed by atoms with van der Waals surface area (Å²) in [6.45, 7) is 1.77. The molecule has 4 rings (SSSR count). The minimum Gasteiger partial charge on any atom is -0.346 e. The third kappa shape index (κ3) is 3.83. The van der Waals surface area contributed by atoms with Crippen molar-refractivity contribution in [3.63, 3.8) is 0 Å². The maximum Gasteiger partial charge on any atom is 0.271 e. The molecule has 0 saturated heterocycles. The predicted octanol–water partition coefficient (Wildman–Crippen LogP) is 3.07. The summed E-state index contributed by atoms with van der Waals surface area (Å²) in [4.78, 5) is 33.5. The molecule has 2 atom stereocenters. The third-order valence-corrected chi connectivity index (χ3v) is 5.99. The number of aryl methyl sites for hydroxylation is 1. The Labute approximate surface area is 167 Å². The van der Waals surface area contributed by atoms with Crippen LogP contribution in [0, 0.1) is 18.6 Å². The minimum absolute atomic E-state index is 0.258. The Hall–Kier alpha value is -2.90. The van der Waals surface area contributed by atoms with Crippen molar-refractivity contribution >= 4 is 11.8 Å². The van der Waals surface area contributed by atoms with Crippen molar-refractivity contribution in [1.29, 1.82) is 0 Å². The van der Waals surface area contributed by atoms with Crippen LogP contribution in [0.3, 0.4) is 0 Å². The van der Waals surface area contributed by atoms with Crippen molar-refractivity contribution < 1.29 is 18.4 Å². The molecule has 2 aromatic rings. The van der Waals surface area contributed by atoms with Crippen LogP contribution in [0.15, 0.2) is 30.6 Å². The van der Waals surface area contributed by atoms with Crippen LogP contribution in [-0.2, 0) is 0 Å². The lowest BCUT2D eigenvalue weighted by molar-refractivity contribution is 0.0827. The van der Waals surface area contributed by atoms with E-state index in [-0.39, 0.29) is 17.2 Å². The molecule has 2 N–H and O–H groups in total. The zero-order valence-corrected chi connectivity index (χ0v) is 16.1. The van der Waals surface area contributed by atoms with Crippen molar-refractivity contribution in [2.75, 3.05) is 0 Å². The van der Waals surface area contributed by atoms with Gasteiger partial charge in [-0.3, -0.25) is 14.6 Å². The molecule has 0 spiro atoms. The number of hydrogen-bond acceptors (Lipinski definition) is 4. The van der Waals surface area contributed by atoms with Crippen LogP contribution in [0.4, 0.5) is 8.78 Å². The highest BCUT2D eigenvalue weighted by molar-refractivity contribution is 5.95. The van der Waals surface area contributed by atoms with Gasteiger partial charge in [0.1, 0.15) is 17.3 Å². The van der Waals surface area contributed by atoms with Crippen LogP contribution in [0.1, 0.15) is 65.1 Å². The monoisotopic (exact) mass is 400 g/mol. The normalized spacial score (nSPS) is 25.5. The van der Waals surface area contributed by atoms with Gasteiger partial charge in [0.15, 0.2) is 0 Å². The van der Waals surface area contributed by atoms with E-state index in [1.165, 1.54) is 6.20 Å². The number of rotatable bonds is 4.